The first-order valence-corrected chi connectivity index (χ1v) is 7.27. The van der Waals surface area contributed by atoms with Gasteiger partial charge in [0.15, 0.2) is 0 Å². The van der Waals surface area contributed by atoms with Crippen molar-refractivity contribution >= 4 is 11.7 Å². The number of nitrogens with zero attached hydrogens (tertiary/aromatic N) is 3. The minimum atomic E-state index is -0.172. The zero-order valence-electron chi connectivity index (χ0n) is 12.8. The molecule has 5 heteroatoms. The largest absolute Gasteiger partial charge is 0.356 e. The molecule has 5 nitrogen and oxygen atoms in total. The average Bonchev–Trinajstić information content (AvgIpc) is 2.86. The van der Waals surface area contributed by atoms with E-state index in [4.69, 9.17) is 0 Å². The average molecular weight is 276 g/mol. The Kier molecular flexibility index (Phi) is 4.26. The monoisotopic (exact) mass is 276 g/mol. The topological polar surface area (TPSA) is 58.1 Å². The van der Waals surface area contributed by atoms with E-state index >= 15 is 0 Å². The third kappa shape index (κ3) is 3.68. The number of carbonyl (C=O) groups excluding carboxylic acids is 1. The van der Waals surface area contributed by atoms with Crippen LogP contribution in [-0.2, 0) is 11.2 Å². The smallest absolute Gasteiger partial charge is 0.225 e. The van der Waals surface area contributed by atoms with E-state index in [0.717, 1.165) is 37.4 Å². The third-order valence-corrected chi connectivity index (χ3v) is 3.45. The van der Waals surface area contributed by atoms with Crippen molar-refractivity contribution in [3.8, 4) is 0 Å². The lowest BCUT2D eigenvalue weighted by Gasteiger charge is -2.23. The van der Waals surface area contributed by atoms with Crippen molar-refractivity contribution in [2.45, 2.75) is 46.1 Å². The van der Waals surface area contributed by atoms with Gasteiger partial charge in [-0.2, -0.15) is 0 Å². The minimum absolute atomic E-state index is 0.0502. The molecule has 1 fully saturated rings. The Morgan fingerprint density at radius 3 is 2.85 bits per heavy atom. The van der Waals surface area contributed by atoms with Gasteiger partial charge in [0.2, 0.25) is 5.91 Å². The Balaban J connectivity index is 1.99. The van der Waals surface area contributed by atoms with Crippen LogP contribution >= 0.6 is 0 Å². The third-order valence-electron chi connectivity index (χ3n) is 3.45. The van der Waals surface area contributed by atoms with Crippen molar-refractivity contribution in [1.29, 1.82) is 0 Å². The molecule has 0 spiro atoms. The van der Waals surface area contributed by atoms with E-state index in [1.54, 1.807) is 6.33 Å². The molecule has 1 aliphatic rings. The van der Waals surface area contributed by atoms with Crippen LogP contribution in [0.4, 0.5) is 5.82 Å². The zero-order chi connectivity index (χ0) is 14.8. The van der Waals surface area contributed by atoms with Crippen LogP contribution in [0, 0.1) is 5.92 Å². The summed E-state index contributed by atoms with van der Waals surface area (Å²) in [5.74, 6) is 1.13. The molecule has 20 heavy (non-hydrogen) atoms. The lowest BCUT2D eigenvalue weighted by molar-refractivity contribution is -0.125. The molecule has 1 aliphatic heterocycles. The van der Waals surface area contributed by atoms with Crippen LogP contribution in [0.5, 0.6) is 0 Å². The summed E-state index contributed by atoms with van der Waals surface area (Å²) in [5.41, 5.74) is 0.868. The molecule has 1 unspecified atom stereocenters. The van der Waals surface area contributed by atoms with Gasteiger partial charge < -0.3 is 10.2 Å². The van der Waals surface area contributed by atoms with Gasteiger partial charge in [-0.05, 0) is 33.6 Å². The van der Waals surface area contributed by atoms with Crippen molar-refractivity contribution in [3.05, 3.63) is 18.1 Å². The quantitative estimate of drug-likeness (QED) is 0.914. The normalized spacial score (nSPS) is 19.2. The molecule has 1 aromatic rings. The number of aryl methyl sites for hydroxylation is 1. The van der Waals surface area contributed by atoms with E-state index in [0.29, 0.717) is 0 Å². The summed E-state index contributed by atoms with van der Waals surface area (Å²) in [5, 5.41) is 3.06. The van der Waals surface area contributed by atoms with E-state index in [9.17, 15) is 4.79 Å². The van der Waals surface area contributed by atoms with Crippen LogP contribution in [0.1, 0.15) is 39.8 Å². The number of rotatable bonds is 3. The Morgan fingerprint density at radius 1 is 1.45 bits per heavy atom. The summed E-state index contributed by atoms with van der Waals surface area (Å²) in [6, 6.07) is 2.02. The number of hydrogen-bond donors (Lipinski definition) is 1. The van der Waals surface area contributed by atoms with E-state index in [2.05, 4.69) is 27.1 Å². The summed E-state index contributed by atoms with van der Waals surface area (Å²) < 4.78 is 0. The Hall–Kier alpha value is -1.65. The first-order chi connectivity index (χ1) is 9.39. The van der Waals surface area contributed by atoms with Gasteiger partial charge in [0.1, 0.15) is 12.1 Å². The maximum Gasteiger partial charge on any atom is 0.225 e. The first-order valence-electron chi connectivity index (χ1n) is 7.27. The molecule has 0 aromatic carbocycles. The van der Waals surface area contributed by atoms with Crippen molar-refractivity contribution in [2.75, 3.05) is 18.0 Å². The van der Waals surface area contributed by atoms with E-state index in [1.807, 2.05) is 26.8 Å². The van der Waals surface area contributed by atoms with Gasteiger partial charge in [0.25, 0.3) is 0 Å². The first kappa shape index (κ1) is 14.8. The SMILES string of the molecule is CCc1cc(N2CCC(C(=O)NC(C)(C)C)C2)ncn1. The van der Waals surface area contributed by atoms with Gasteiger partial charge in [-0.3, -0.25) is 4.79 Å². The van der Waals surface area contributed by atoms with Gasteiger partial charge in [-0.15, -0.1) is 0 Å². The highest BCUT2D eigenvalue weighted by Gasteiger charge is 2.30. The van der Waals surface area contributed by atoms with Gasteiger partial charge in [0, 0.05) is 30.4 Å². The maximum atomic E-state index is 12.2. The number of carbonyl (C=O) groups is 1. The molecule has 1 atom stereocenters. The number of amides is 1. The number of hydrogen-bond acceptors (Lipinski definition) is 4. The highest BCUT2D eigenvalue weighted by molar-refractivity contribution is 5.80. The molecule has 0 bridgehead atoms. The summed E-state index contributed by atoms with van der Waals surface area (Å²) in [7, 11) is 0. The van der Waals surface area contributed by atoms with E-state index in [-0.39, 0.29) is 17.4 Å². The number of nitrogens with one attached hydrogen (secondary N) is 1. The Bertz CT molecular complexity index is 481. The van der Waals surface area contributed by atoms with Crippen LogP contribution in [0.15, 0.2) is 12.4 Å². The van der Waals surface area contributed by atoms with Crippen molar-refractivity contribution < 1.29 is 4.79 Å². The second-order valence-corrected chi connectivity index (χ2v) is 6.39. The van der Waals surface area contributed by atoms with Crippen LogP contribution in [-0.4, -0.2) is 34.5 Å². The summed E-state index contributed by atoms with van der Waals surface area (Å²) in [6.07, 6.45) is 3.39. The predicted molar refractivity (Wildman–Crippen MR) is 79.6 cm³/mol. The van der Waals surface area contributed by atoms with E-state index in [1.165, 1.54) is 0 Å². The minimum Gasteiger partial charge on any atom is -0.356 e. The van der Waals surface area contributed by atoms with Crippen molar-refractivity contribution in [1.82, 2.24) is 15.3 Å². The summed E-state index contributed by atoms with van der Waals surface area (Å²) >= 11 is 0. The molecule has 1 N–H and O–H groups in total. The summed E-state index contributed by atoms with van der Waals surface area (Å²) in [6.45, 7) is 9.72. The van der Waals surface area contributed by atoms with E-state index < -0.39 is 0 Å². The standard InChI is InChI=1S/C15H24N4O/c1-5-12-8-13(17-10-16-12)19-7-6-11(9-19)14(20)18-15(2,3)4/h8,10-11H,5-7,9H2,1-4H3,(H,18,20). The molecule has 1 saturated heterocycles. The molecule has 0 radical (unpaired) electrons. The fourth-order valence-electron chi connectivity index (χ4n) is 2.41. The lowest BCUT2D eigenvalue weighted by Crippen LogP contribution is -2.44. The van der Waals surface area contributed by atoms with Crippen LogP contribution < -0.4 is 10.2 Å². The molecule has 0 aliphatic carbocycles. The molecule has 2 rings (SSSR count). The molecular formula is C15H24N4O. The molecule has 2 heterocycles. The van der Waals surface area contributed by atoms with Gasteiger partial charge in [0.05, 0.1) is 5.92 Å². The van der Waals surface area contributed by atoms with Crippen LogP contribution in [0.25, 0.3) is 0 Å². The number of anilines is 1. The van der Waals surface area contributed by atoms with Gasteiger partial charge >= 0.3 is 0 Å². The Morgan fingerprint density at radius 2 is 2.20 bits per heavy atom. The maximum absolute atomic E-state index is 12.2. The zero-order valence-corrected chi connectivity index (χ0v) is 12.8. The second-order valence-electron chi connectivity index (χ2n) is 6.39. The summed E-state index contributed by atoms with van der Waals surface area (Å²) in [4.78, 5) is 22.9. The molecule has 0 saturated carbocycles. The highest BCUT2D eigenvalue weighted by atomic mass is 16.2. The molecule has 1 amide bonds. The van der Waals surface area contributed by atoms with Crippen LogP contribution in [0.2, 0.25) is 0 Å². The fourth-order valence-corrected chi connectivity index (χ4v) is 2.41. The molecule has 110 valence electrons. The van der Waals surface area contributed by atoms with Crippen LogP contribution in [0.3, 0.4) is 0 Å². The van der Waals surface area contributed by atoms with Gasteiger partial charge in [-0.1, -0.05) is 6.92 Å². The van der Waals surface area contributed by atoms with Crippen molar-refractivity contribution in [3.63, 3.8) is 0 Å². The fraction of sp³-hybridized carbons (Fsp3) is 0.667. The Labute approximate surface area is 120 Å². The number of aromatic nitrogens is 2. The molecular weight excluding hydrogens is 252 g/mol. The van der Waals surface area contributed by atoms with Gasteiger partial charge in [-0.25, -0.2) is 9.97 Å². The lowest BCUT2D eigenvalue weighted by atomic mass is 10.0. The highest BCUT2D eigenvalue weighted by Crippen LogP contribution is 2.23. The predicted octanol–water partition coefficient (Wildman–Crippen LogP) is 1.78. The second kappa shape index (κ2) is 5.77. The van der Waals surface area contributed by atoms with Crippen molar-refractivity contribution in [2.24, 2.45) is 5.92 Å². The molecule has 1 aromatic heterocycles.